The Hall–Kier alpha value is -1.92. The zero-order valence-corrected chi connectivity index (χ0v) is 13.7. The Balaban J connectivity index is 1.65. The van der Waals surface area contributed by atoms with Crippen LogP contribution in [0.4, 0.5) is 0 Å². The molecule has 120 valence electrons. The summed E-state index contributed by atoms with van der Waals surface area (Å²) in [4.78, 5) is 27.5. The van der Waals surface area contributed by atoms with Crippen molar-refractivity contribution in [3.05, 3.63) is 40.4 Å². The van der Waals surface area contributed by atoms with Gasteiger partial charge in [-0.05, 0) is 31.4 Å². The summed E-state index contributed by atoms with van der Waals surface area (Å²) < 4.78 is 0. The molecule has 1 fully saturated rings. The molecule has 1 aromatic heterocycles. The van der Waals surface area contributed by atoms with Gasteiger partial charge >= 0.3 is 5.97 Å². The zero-order chi connectivity index (χ0) is 16.4. The first-order valence-electron chi connectivity index (χ1n) is 7.28. The van der Waals surface area contributed by atoms with Gasteiger partial charge in [-0.15, -0.1) is 11.3 Å². The number of halogens is 1. The van der Waals surface area contributed by atoms with Gasteiger partial charge in [-0.25, -0.2) is 4.98 Å². The van der Waals surface area contributed by atoms with Crippen molar-refractivity contribution in [2.75, 3.05) is 0 Å². The fourth-order valence-electron chi connectivity index (χ4n) is 2.70. The molecule has 2 atom stereocenters. The lowest BCUT2D eigenvalue weighted by atomic mass is 10.1. The van der Waals surface area contributed by atoms with Crippen molar-refractivity contribution in [1.82, 2.24) is 10.3 Å². The summed E-state index contributed by atoms with van der Waals surface area (Å²) in [6.45, 7) is 0. The third kappa shape index (κ3) is 3.71. The molecule has 1 saturated carbocycles. The van der Waals surface area contributed by atoms with Gasteiger partial charge in [0.2, 0.25) is 0 Å². The maximum atomic E-state index is 12.2. The minimum atomic E-state index is -0.791. The molecule has 2 N–H and O–H groups in total. The van der Waals surface area contributed by atoms with Gasteiger partial charge in [0.1, 0.15) is 10.7 Å². The molecule has 0 saturated heterocycles. The first kappa shape index (κ1) is 16.0. The predicted octanol–water partition coefficient (Wildman–Crippen LogP) is 3.45. The number of aromatic nitrogens is 1. The van der Waals surface area contributed by atoms with E-state index in [4.69, 9.17) is 16.7 Å². The van der Waals surface area contributed by atoms with Crippen LogP contribution in [0.3, 0.4) is 0 Å². The number of thiazole rings is 1. The largest absolute Gasteiger partial charge is 0.481 e. The van der Waals surface area contributed by atoms with Crippen molar-refractivity contribution in [1.29, 1.82) is 0 Å². The molecule has 1 aromatic carbocycles. The van der Waals surface area contributed by atoms with Crippen molar-refractivity contribution < 1.29 is 14.7 Å². The van der Waals surface area contributed by atoms with Crippen LogP contribution >= 0.6 is 22.9 Å². The van der Waals surface area contributed by atoms with Crippen LogP contribution in [0.2, 0.25) is 5.02 Å². The summed E-state index contributed by atoms with van der Waals surface area (Å²) in [5, 5.41) is 15.0. The lowest BCUT2D eigenvalue weighted by Crippen LogP contribution is -2.33. The molecule has 0 spiro atoms. The highest BCUT2D eigenvalue weighted by Gasteiger charge is 2.31. The number of carboxylic acid groups (broad SMARTS) is 1. The quantitative estimate of drug-likeness (QED) is 0.885. The minimum absolute atomic E-state index is 0.0933. The lowest BCUT2D eigenvalue weighted by molar-refractivity contribution is -0.141. The molecule has 23 heavy (non-hydrogen) atoms. The van der Waals surface area contributed by atoms with Gasteiger partial charge in [0.05, 0.1) is 5.92 Å². The van der Waals surface area contributed by atoms with Crippen molar-refractivity contribution >= 4 is 34.8 Å². The number of hydrogen-bond donors (Lipinski definition) is 2. The molecule has 3 rings (SSSR count). The van der Waals surface area contributed by atoms with E-state index in [1.165, 1.54) is 11.3 Å². The monoisotopic (exact) mass is 350 g/mol. The fraction of sp³-hybridized carbons (Fsp3) is 0.312. The van der Waals surface area contributed by atoms with Crippen molar-refractivity contribution in [2.45, 2.75) is 25.3 Å². The maximum Gasteiger partial charge on any atom is 0.306 e. The Morgan fingerprint density at radius 3 is 2.65 bits per heavy atom. The molecule has 1 aliphatic rings. The van der Waals surface area contributed by atoms with Gasteiger partial charge in [-0.3, -0.25) is 9.59 Å². The number of carbonyl (C=O) groups is 2. The Morgan fingerprint density at radius 1 is 1.26 bits per heavy atom. The SMILES string of the molecule is O=C(N[C@H]1CC[C@@H](C(=O)O)C1)c1csc(-c2ccc(Cl)cc2)n1. The fourth-order valence-corrected chi connectivity index (χ4v) is 3.63. The molecular weight excluding hydrogens is 336 g/mol. The van der Waals surface area contributed by atoms with Crippen molar-refractivity contribution in [2.24, 2.45) is 5.92 Å². The summed E-state index contributed by atoms with van der Waals surface area (Å²) in [6, 6.07) is 7.18. The van der Waals surface area contributed by atoms with E-state index < -0.39 is 5.97 Å². The van der Waals surface area contributed by atoms with Crippen molar-refractivity contribution in [3.63, 3.8) is 0 Å². The number of hydrogen-bond acceptors (Lipinski definition) is 4. The van der Waals surface area contributed by atoms with Gasteiger partial charge in [-0.2, -0.15) is 0 Å². The first-order chi connectivity index (χ1) is 11.0. The average Bonchev–Trinajstić information content (AvgIpc) is 3.17. The molecule has 2 aromatic rings. The van der Waals surface area contributed by atoms with Gasteiger partial charge in [-0.1, -0.05) is 23.7 Å². The van der Waals surface area contributed by atoms with Crippen LogP contribution in [-0.2, 0) is 4.79 Å². The molecule has 0 unspecified atom stereocenters. The van der Waals surface area contributed by atoms with Crippen LogP contribution in [-0.4, -0.2) is 28.0 Å². The molecule has 5 nitrogen and oxygen atoms in total. The van der Waals surface area contributed by atoms with Crippen LogP contribution in [0.1, 0.15) is 29.8 Å². The second kappa shape index (κ2) is 6.68. The Kier molecular flexibility index (Phi) is 4.63. The molecule has 1 aliphatic carbocycles. The summed E-state index contributed by atoms with van der Waals surface area (Å²) in [5.74, 6) is -1.40. The Bertz CT molecular complexity index is 729. The number of rotatable bonds is 4. The van der Waals surface area contributed by atoms with Gasteiger partial charge in [0.25, 0.3) is 5.91 Å². The van der Waals surface area contributed by atoms with Crippen molar-refractivity contribution in [3.8, 4) is 10.6 Å². The summed E-state index contributed by atoms with van der Waals surface area (Å²) >= 11 is 7.25. The van der Waals surface area contributed by atoms with Crippen LogP contribution in [0.15, 0.2) is 29.6 Å². The summed E-state index contributed by atoms with van der Waals surface area (Å²) in [5.41, 5.74) is 1.27. The second-order valence-electron chi connectivity index (χ2n) is 5.56. The van der Waals surface area contributed by atoms with E-state index in [1.807, 2.05) is 12.1 Å². The number of aliphatic carboxylic acids is 1. The van der Waals surface area contributed by atoms with Crippen LogP contribution in [0.5, 0.6) is 0 Å². The molecular formula is C16H15ClN2O3S. The average molecular weight is 351 g/mol. The van der Waals surface area contributed by atoms with E-state index in [2.05, 4.69) is 10.3 Å². The zero-order valence-electron chi connectivity index (χ0n) is 12.2. The van der Waals surface area contributed by atoms with Gasteiger partial charge < -0.3 is 10.4 Å². The summed E-state index contributed by atoms with van der Waals surface area (Å²) in [7, 11) is 0. The van der Waals surface area contributed by atoms with Gasteiger partial charge in [0.15, 0.2) is 0 Å². The third-order valence-corrected chi connectivity index (χ3v) is 5.09. The van der Waals surface area contributed by atoms with Crippen LogP contribution < -0.4 is 5.32 Å². The molecule has 7 heteroatoms. The van der Waals surface area contributed by atoms with E-state index in [-0.39, 0.29) is 17.9 Å². The molecule has 0 radical (unpaired) electrons. The smallest absolute Gasteiger partial charge is 0.306 e. The van der Waals surface area contributed by atoms with Crippen LogP contribution in [0, 0.1) is 5.92 Å². The van der Waals surface area contributed by atoms with E-state index in [0.717, 1.165) is 10.6 Å². The third-order valence-electron chi connectivity index (χ3n) is 3.95. The summed E-state index contributed by atoms with van der Waals surface area (Å²) in [6.07, 6.45) is 1.78. The highest BCUT2D eigenvalue weighted by atomic mass is 35.5. The molecule has 1 heterocycles. The number of carbonyl (C=O) groups excluding carboxylic acids is 1. The van der Waals surface area contributed by atoms with Crippen LogP contribution in [0.25, 0.3) is 10.6 Å². The number of amides is 1. The van der Waals surface area contributed by atoms with E-state index in [1.54, 1.807) is 17.5 Å². The second-order valence-corrected chi connectivity index (χ2v) is 6.86. The Labute approximate surface area is 142 Å². The molecule has 1 amide bonds. The number of nitrogens with zero attached hydrogens (tertiary/aromatic N) is 1. The van der Waals surface area contributed by atoms with E-state index in [9.17, 15) is 9.59 Å². The number of nitrogens with one attached hydrogen (secondary N) is 1. The predicted molar refractivity (Wildman–Crippen MR) is 88.8 cm³/mol. The van der Waals surface area contributed by atoms with E-state index in [0.29, 0.717) is 30.0 Å². The lowest BCUT2D eigenvalue weighted by Gasteiger charge is -2.10. The van der Waals surface area contributed by atoms with Gasteiger partial charge in [0, 0.05) is 22.0 Å². The minimum Gasteiger partial charge on any atom is -0.481 e. The number of benzene rings is 1. The Morgan fingerprint density at radius 2 is 2.00 bits per heavy atom. The topological polar surface area (TPSA) is 79.3 Å². The number of carboxylic acids is 1. The molecule has 0 aliphatic heterocycles. The molecule has 0 bridgehead atoms. The first-order valence-corrected chi connectivity index (χ1v) is 8.54. The standard InChI is InChI=1S/C16H15ClN2O3S/c17-11-4-1-9(2-5-11)15-19-13(8-23-15)14(20)18-12-6-3-10(7-12)16(21)22/h1-2,4-5,8,10,12H,3,6-7H2,(H,18,20)(H,21,22)/t10-,12+/m1/s1. The van der Waals surface area contributed by atoms with E-state index >= 15 is 0 Å². The highest BCUT2D eigenvalue weighted by Crippen LogP contribution is 2.27. The highest BCUT2D eigenvalue weighted by molar-refractivity contribution is 7.13. The normalized spacial score (nSPS) is 20.4. The maximum absolute atomic E-state index is 12.2.